The number of rotatable bonds is 0. The molecule has 1 rings (SSSR count). The minimum absolute atomic E-state index is 0.774. The lowest BCUT2D eigenvalue weighted by Gasteiger charge is -2.26. The van der Waals surface area contributed by atoms with Gasteiger partial charge in [0.1, 0.15) is 11.7 Å². The lowest BCUT2D eigenvalue weighted by Crippen LogP contribution is -2.37. The third-order valence-electron chi connectivity index (χ3n) is 1.50. The van der Waals surface area contributed by atoms with Gasteiger partial charge in [-0.25, -0.2) is 0 Å². The van der Waals surface area contributed by atoms with Crippen molar-refractivity contribution in [2.24, 2.45) is 0 Å². The smallest absolute Gasteiger partial charge is 0.110 e. The molecule has 1 aliphatic rings. The van der Waals surface area contributed by atoms with Crippen molar-refractivity contribution >= 4 is 22.6 Å². The van der Waals surface area contributed by atoms with E-state index in [-0.39, 0.29) is 0 Å². The van der Waals surface area contributed by atoms with Gasteiger partial charge >= 0.3 is 0 Å². The quantitative estimate of drug-likeness (QED) is 0.631. The Balaban J connectivity index is 2.84. The second-order valence-electron chi connectivity index (χ2n) is 2.56. The highest BCUT2D eigenvalue weighted by molar-refractivity contribution is 14.1. The summed E-state index contributed by atoms with van der Waals surface area (Å²) >= 11 is 2.09. The molecule has 0 aliphatic heterocycles. The molecule has 0 aromatic rings. The number of allylic oxidation sites excluding steroid dienone is 2. The average Bonchev–Trinajstić information content (AvgIpc) is 1.81. The molecule has 1 aliphatic carbocycles. The first-order valence-corrected chi connectivity index (χ1v) is 4.07. The minimum Gasteiger partial charge on any atom is -0.386 e. The van der Waals surface area contributed by atoms with Gasteiger partial charge in [-0.05, 0) is 41.7 Å². The summed E-state index contributed by atoms with van der Waals surface area (Å²) in [5.41, 5.74) is -1.09. The van der Waals surface area contributed by atoms with Crippen LogP contribution in [-0.4, -0.2) is 21.9 Å². The maximum Gasteiger partial charge on any atom is 0.110 e. The molecule has 0 unspecified atom stereocenters. The van der Waals surface area contributed by atoms with Gasteiger partial charge in [0, 0.05) is 3.58 Å². The molecule has 3 heteroatoms. The summed E-state index contributed by atoms with van der Waals surface area (Å²) in [5, 5.41) is 18.6. The Kier molecular flexibility index (Phi) is 2.17. The van der Waals surface area contributed by atoms with E-state index in [1.54, 1.807) is 25.2 Å². The second kappa shape index (κ2) is 2.64. The highest BCUT2D eigenvalue weighted by atomic mass is 127. The van der Waals surface area contributed by atoms with Crippen molar-refractivity contribution in [2.45, 2.75) is 18.6 Å². The molecule has 10 heavy (non-hydrogen) atoms. The molecule has 0 amide bonds. The molecule has 0 aromatic heterocycles. The molecule has 0 bridgehead atoms. The van der Waals surface area contributed by atoms with Crippen LogP contribution in [0.15, 0.2) is 21.8 Å². The predicted octanol–water partition coefficient (Wildman–Crippen LogP) is 0.987. The van der Waals surface area contributed by atoms with E-state index in [1.165, 1.54) is 0 Å². The standard InChI is InChI=1S/C7H9IO2/c1-7(10)3-2-5(8)4-6(7)9/h2-4,6,9-10H,1H3/t6-,7-/m1/s1. The first kappa shape index (κ1) is 8.23. The van der Waals surface area contributed by atoms with Crippen molar-refractivity contribution in [1.82, 2.24) is 0 Å². The van der Waals surface area contributed by atoms with E-state index >= 15 is 0 Å². The molecular formula is C7H9IO2. The van der Waals surface area contributed by atoms with Gasteiger partial charge < -0.3 is 10.2 Å². The van der Waals surface area contributed by atoms with Crippen molar-refractivity contribution in [3.63, 3.8) is 0 Å². The monoisotopic (exact) mass is 252 g/mol. The van der Waals surface area contributed by atoms with Crippen molar-refractivity contribution in [2.75, 3.05) is 0 Å². The van der Waals surface area contributed by atoms with Crippen LogP contribution in [0.4, 0.5) is 0 Å². The summed E-state index contributed by atoms with van der Waals surface area (Å²) in [5.74, 6) is 0. The van der Waals surface area contributed by atoms with Gasteiger partial charge in [0.2, 0.25) is 0 Å². The van der Waals surface area contributed by atoms with Crippen LogP contribution in [0.1, 0.15) is 6.92 Å². The second-order valence-corrected chi connectivity index (χ2v) is 3.80. The summed E-state index contributed by atoms with van der Waals surface area (Å²) in [7, 11) is 0. The maximum absolute atomic E-state index is 9.38. The molecule has 0 heterocycles. The van der Waals surface area contributed by atoms with E-state index in [0.717, 1.165) is 3.58 Å². The zero-order chi connectivity index (χ0) is 7.78. The van der Waals surface area contributed by atoms with E-state index in [9.17, 15) is 10.2 Å². The van der Waals surface area contributed by atoms with E-state index in [1.807, 2.05) is 0 Å². The van der Waals surface area contributed by atoms with Gasteiger partial charge in [-0.2, -0.15) is 0 Å². The van der Waals surface area contributed by atoms with Gasteiger partial charge in [0.25, 0.3) is 0 Å². The van der Waals surface area contributed by atoms with Crippen LogP contribution in [0.5, 0.6) is 0 Å². The molecule has 2 atom stereocenters. The van der Waals surface area contributed by atoms with E-state index < -0.39 is 11.7 Å². The predicted molar refractivity (Wildman–Crippen MR) is 47.9 cm³/mol. The summed E-state index contributed by atoms with van der Waals surface area (Å²) in [6.45, 7) is 1.58. The van der Waals surface area contributed by atoms with Crippen LogP contribution in [0, 0.1) is 0 Å². The molecule has 0 aromatic carbocycles. The third-order valence-corrected chi connectivity index (χ3v) is 2.22. The molecule has 0 saturated heterocycles. The van der Waals surface area contributed by atoms with E-state index in [4.69, 9.17) is 0 Å². The van der Waals surface area contributed by atoms with E-state index in [0.29, 0.717) is 0 Å². The molecular weight excluding hydrogens is 243 g/mol. The Morgan fingerprint density at radius 1 is 1.70 bits per heavy atom. The van der Waals surface area contributed by atoms with Gasteiger partial charge in [-0.3, -0.25) is 0 Å². The maximum atomic E-state index is 9.38. The van der Waals surface area contributed by atoms with Gasteiger partial charge in [-0.15, -0.1) is 0 Å². The molecule has 0 radical (unpaired) electrons. The molecule has 2 N–H and O–H groups in total. The van der Waals surface area contributed by atoms with Crippen LogP contribution in [0.3, 0.4) is 0 Å². The highest BCUT2D eigenvalue weighted by Crippen LogP contribution is 2.23. The Bertz CT molecular complexity index is 194. The molecule has 2 nitrogen and oxygen atoms in total. The third kappa shape index (κ3) is 1.59. The highest BCUT2D eigenvalue weighted by Gasteiger charge is 2.27. The van der Waals surface area contributed by atoms with Crippen molar-refractivity contribution in [1.29, 1.82) is 0 Å². The van der Waals surface area contributed by atoms with Crippen LogP contribution in [0.2, 0.25) is 0 Å². The van der Waals surface area contributed by atoms with Gasteiger partial charge in [0.15, 0.2) is 0 Å². The number of aliphatic hydroxyl groups is 2. The van der Waals surface area contributed by atoms with Crippen LogP contribution < -0.4 is 0 Å². The zero-order valence-electron chi connectivity index (χ0n) is 5.58. The zero-order valence-corrected chi connectivity index (χ0v) is 7.74. The molecule has 0 fully saturated rings. The number of aliphatic hydroxyl groups excluding tert-OH is 1. The van der Waals surface area contributed by atoms with Crippen LogP contribution in [0.25, 0.3) is 0 Å². The fraction of sp³-hybridized carbons (Fsp3) is 0.429. The Morgan fingerprint density at radius 2 is 2.30 bits per heavy atom. The Morgan fingerprint density at radius 3 is 2.70 bits per heavy atom. The van der Waals surface area contributed by atoms with Crippen molar-refractivity contribution in [3.8, 4) is 0 Å². The van der Waals surface area contributed by atoms with Crippen molar-refractivity contribution in [3.05, 3.63) is 21.8 Å². The summed E-state index contributed by atoms with van der Waals surface area (Å²) in [4.78, 5) is 0. The Hall–Kier alpha value is 0.130. The number of hydrogen-bond acceptors (Lipinski definition) is 2. The molecule has 56 valence electrons. The minimum atomic E-state index is -1.09. The topological polar surface area (TPSA) is 40.5 Å². The SMILES string of the molecule is C[C@@]1(O)C=CC(I)=C[C@H]1O. The van der Waals surface area contributed by atoms with Crippen LogP contribution in [-0.2, 0) is 0 Å². The van der Waals surface area contributed by atoms with Gasteiger partial charge in [0.05, 0.1) is 0 Å². The fourth-order valence-corrected chi connectivity index (χ4v) is 1.24. The Labute approximate surface area is 73.4 Å². The first-order valence-electron chi connectivity index (χ1n) is 2.99. The average molecular weight is 252 g/mol. The lowest BCUT2D eigenvalue weighted by atomic mass is 9.95. The summed E-state index contributed by atoms with van der Waals surface area (Å²) < 4.78 is 0.955. The molecule has 0 saturated carbocycles. The van der Waals surface area contributed by atoms with Crippen LogP contribution >= 0.6 is 22.6 Å². The molecule has 0 spiro atoms. The lowest BCUT2D eigenvalue weighted by molar-refractivity contribution is -0.000860. The van der Waals surface area contributed by atoms with Crippen molar-refractivity contribution < 1.29 is 10.2 Å². The summed E-state index contributed by atoms with van der Waals surface area (Å²) in [6.07, 6.45) is 4.23. The normalized spacial score (nSPS) is 39.6. The largest absolute Gasteiger partial charge is 0.386 e. The number of halogens is 1. The fourth-order valence-electron chi connectivity index (χ4n) is 0.722. The summed E-state index contributed by atoms with van der Waals surface area (Å²) in [6, 6.07) is 0. The van der Waals surface area contributed by atoms with E-state index in [2.05, 4.69) is 22.6 Å². The number of hydrogen-bond donors (Lipinski definition) is 2. The first-order chi connectivity index (χ1) is 4.52. The van der Waals surface area contributed by atoms with Gasteiger partial charge in [-0.1, -0.05) is 6.08 Å².